The van der Waals surface area contributed by atoms with Crippen LogP contribution in [0, 0.1) is 0 Å². The number of benzene rings is 4. The predicted octanol–water partition coefficient (Wildman–Crippen LogP) is 10.1. The molecule has 4 aromatic rings. The summed E-state index contributed by atoms with van der Waals surface area (Å²) in [4.78, 5) is 9.51. The smallest absolute Gasteiger partial charge is 0.222 e. The molecule has 4 aromatic carbocycles. The molecular weight excluding hydrogens is 858 g/mol. The summed E-state index contributed by atoms with van der Waals surface area (Å²) in [6, 6.07) is 32.4. The molecule has 40 heavy (non-hydrogen) atoms. The lowest BCUT2D eigenvalue weighted by Crippen LogP contribution is -2.33. The normalized spacial score (nSPS) is 20.9. The SMILES string of the molecule is CC1(CI)N=C(c2ccc(Br)cc2)Oc2ccccc21.CC1(CI)OC(c2ccc(Br)cc2)=Nc2ccccc21. The predicted molar refractivity (Wildman–Crippen MR) is 188 cm³/mol. The van der Waals surface area contributed by atoms with Gasteiger partial charge in [-0.1, -0.05) is 113 Å². The molecule has 2 aliphatic heterocycles. The fourth-order valence-electron chi connectivity index (χ4n) is 4.46. The Bertz CT molecular complexity index is 1570. The summed E-state index contributed by atoms with van der Waals surface area (Å²) < 4.78 is 16.1. The minimum atomic E-state index is -0.332. The molecule has 0 aliphatic carbocycles. The highest BCUT2D eigenvalue weighted by molar-refractivity contribution is 14.1. The first-order valence-corrected chi connectivity index (χ1v) is 17.3. The molecule has 2 unspecified atom stereocenters. The molecule has 2 atom stereocenters. The van der Waals surface area contributed by atoms with Crippen LogP contribution in [-0.2, 0) is 15.9 Å². The largest absolute Gasteiger partial charge is 0.465 e. The average Bonchev–Trinajstić information content (AvgIpc) is 2.98. The molecule has 6 rings (SSSR count). The Morgan fingerprint density at radius 2 is 1.23 bits per heavy atom. The zero-order valence-corrected chi connectivity index (χ0v) is 29.4. The molecule has 0 spiro atoms. The van der Waals surface area contributed by atoms with E-state index < -0.39 is 0 Å². The van der Waals surface area contributed by atoms with Crippen LogP contribution in [0.15, 0.2) is 116 Å². The van der Waals surface area contributed by atoms with Gasteiger partial charge in [-0.3, -0.25) is 0 Å². The van der Waals surface area contributed by atoms with Gasteiger partial charge in [0.2, 0.25) is 11.8 Å². The highest BCUT2D eigenvalue weighted by atomic mass is 127. The van der Waals surface area contributed by atoms with Gasteiger partial charge in [0.05, 0.1) is 11.2 Å². The van der Waals surface area contributed by atoms with Crippen LogP contribution in [0.4, 0.5) is 5.69 Å². The summed E-state index contributed by atoms with van der Waals surface area (Å²) >= 11 is 11.7. The molecule has 0 N–H and O–H groups in total. The Kier molecular flexibility index (Phi) is 9.38. The zero-order valence-electron chi connectivity index (χ0n) is 21.9. The van der Waals surface area contributed by atoms with Crippen LogP contribution in [0.3, 0.4) is 0 Å². The summed E-state index contributed by atoms with van der Waals surface area (Å²) in [6.45, 7) is 4.27. The molecule has 0 bridgehead atoms. The summed E-state index contributed by atoms with van der Waals surface area (Å²) in [7, 11) is 0. The maximum Gasteiger partial charge on any atom is 0.222 e. The second kappa shape index (κ2) is 12.6. The van der Waals surface area contributed by atoms with E-state index in [1.54, 1.807) is 0 Å². The molecule has 0 radical (unpaired) electrons. The molecule has 0 amide bonds. The lowest BCUT2D eigenvalue weighted by molar-refractivity contribution is 0.0999. The maximum absolute atomic E-state index is 6.20. The Labute approximate surface area is 279 Å². The Morgan fingerprint density at radius 3 is 1.82 bits per heavy atom. The number of hydrogen-bond acceptors (Lipinski definition) is 4. The molecule has 0 aromatic heterocycles. The van der Waals surface area contributed by atoms with Crippen molar-refractivity contribution >= 4 is 94.5 Å². The van der Waals surface area contributed by atoms with Crippen LogP contribution in [0.2, 0.25) is 0 Å². The maximum atomic E-state index is 6.20. The van der Waals surface area contributed by atoms with Crippen LogP contribution in [0.5, 0.6) is 5.75 Å². The molecule has 8 heteroatoms. The minimum Gasteiger partial charge on any atom is -0.465 e. The number of alkyl halides is 2. The second-order valence-electron chi connectivity index (χ2n) is 9.84. The highest BCUT2D eigenvalue weighted by Crippen LogP contribution is 2.40. The van der Waals surface area contributed by atoms with Gasteiger partial charge in [-0.2, -0.15) is 0 Å². The van der Waals surface area contributed by atoms with E-state index in [9.17, 15) is 0 Å². The number of nitrogens with zero attached hydrogens (tertiary/aromatic N) is 2. The number of aliphatic imine (C=N–C) groups is 2. The molecule has 0 saturated carbocycles. The summed E-state index contributed by atoms with van der Waals surface area (Å²) in [6.07, 6.45) is 0. The first kappa shape index (κ1) is 29.7. The van der Waals surface area contributed by atoms with E-state index in [-0.39, 0.29) is 11.1 Å². The number of fused-ring (bicyclic) bond motifs is 2. The number of ether oxygens (including phenoxy) is 2. The van der Waals surface area contributed by atoms with Crippen molar-refractivity contribution in [3.63, 3.8) is 0 Å². The van der Waals surface area contributed by atoms with Crippen LogP contribution < -0.4 is 4.74 Å². The van der Waals surface area contributed by atoms with E-state index in [2.05, 4.69) is 108 Å². The lowest BCUT2D eigenvalue weighted by Gasteiger charge is -2.34. The van der Waals surface area contributed by atoms with Crippen molar-refractivity contribution in [3.8, 4) is 5.75 Å². The second-order valence-corrected chi connectivity index (χ2v) is 13.2. The van der Waals surface area contributed by atoms with Gasteiger partial charge in [0.1, 0.15) is 11.4 Å². The molecule has 0 saturated heterocycles. The van der Waals surface area contributed by atoms with Crippen LogP contribution in [0.1, 0.15) is 36.1 Å². The van der Waals surface area contributed by atoms with E-state index in [1.807, 2.05) is 84.9 Å². The number of hydrogen-bond donors (Lipinski definition) is 0. The van der Waals surface area contributed by atoms with Gasteiger partial charge in [-0.05, 0) is 74.5 Å². The standard InChI is InChI=1S/2C16H13BrINO/c1-16(10-18)13-4-2-3-5-14(13)20-15(19-16)11-6-8-12(17)9-7-11;1-16(10-18)13-4-2-3-5-14(13)19-15(20-16)11-6-8-12(17)9-7-11/h2*2-9H,10H2,1H3. The molecule has 2 aliphatic rings. The van der Waals surface area contributed by atoms with Gasteiger partial charge in [-0.25, -0.2) is 9.98 Å². The fraction of sp³-hybridized carbons (Fsp3) is 0.188. The third-order valence-corrected chi connectivity index (χ3v) is 10.7. The van der Waals surface area contributed by atoms with E-state index in [1.165, 1.54) is 0 Å². The van der Waals surface area contributed by atoms with Crippen molar-refractivity contribution < 1.29 is 9.47 Å². The van der Waals surface area contributed by atoms with Gasteiger partial charge in [-0.15, -0.1) is 0 Å². The molecular formula is C32H26Br2I2N2O2. The van der Waals surface area contributed by atoms with Crippen molar-refractivity contribution in [2.45, 2.75) is 25.0 Å². The summed E-state index contributed by atoms with van der Waals surface area (Å²) in [5.74, 6) is 2.28. The molecule has 0 fully saturated rings. The van der Waals surface area contributed by atoms with Gasteiger partial charge < -0.3 is 9.47 Å². The van der Waals surface area contributed by atoms with E-state index in [0.717, 1.165) is 51.5 Å². The van der Waals surface area contributed by atoms with Crippen LogP contribution in [-0.4, -0.2) is 20.7 Å². The van der Waals surface area contributed by atoms with Gasteiger partial charge in [0.25, 0.3) is 0 Å². The van der Waals surface area contributed by atoms with Crippen LogP contribution >= 0.6 is 77.0 Å². The van der Waals surface area contributed by atoms with Gasteiger partial charge >= 0.3 is 0 Å². The molecule has 2 heterocycles. The fourth-order valence-corrected chi connectivity index (χ4v) is 6.14. The number of rotatable bonds is 4. The number of halogens is 4. The third-order valence-electron chi connectivity index (χ3n) is 6.74. The van der Waals surface area contributed by atoms with E-state index in [0.29, 0.717) is 11.8 Å². The van der Waals surface area contributed by atoms with Crippen molar-refractivity contribution in [3.05, 3.63) is 128 Å². The monoisotopic (exact) mass is 882 g/mol. The van der Waals surface area contributed by atoms with E-state index >= 15 is 0 Å². The van der Waals surface area contributed by atoms with Gasteiger partial charge in [0.15, 0.2) is 0 Å². The minimum absolute atomic E-state index is 0.238. The van der Waals surface area contributed by atoms with E-state index in [4.69, 9.17) is 14.5 Å². The zero-order chi connectivity index (χ0) is 28.3. The first-order valence-electron chi connectivity index (χ1n) is 12.6. The summed E-state index contributed by atoms with van der Waals surface area (Å²) in [5, 5.41) is 0. The molecule has 4 nitrogen and oxygen atoms in total. The van der Waals surface area contributed by atoms with Crippen molar-refractivity contribution in [2.75, 3.05) is 8.86 Å². The summed E-state index contributed by atoms with van der Waals surface area (Å²) in [5.41, 5.74) is 4.72. The number of para-hydroxylation sites is 2. The lowest BCUT2D eigenvalue weighted by atomic mass is 9.93. The highest BCUT2D eigenvalue weighted by Gasteiger charge is 2.35. The van der Waals surface area contributed by atoms with Gasteiger partial charge in [0, 0.05) is 40.1 Å². The van der Waals surface area contributed by atoms with Crippen molar-refractivity contribution in [2.24, 2.45) is 9.98 Å². The van der Waals surface area contributed by atoms with Crippen molar-refractivity contribution in [1.29, 1.82) is 0 Å². The average molecular weight is 884 g/mol. The quantitative estimate of drug-likeness (QED) is 0.151. The van der Waals surface area contributed by atoms with Crippen LogP contribution in [0.25, 0.3) is 0 Å². The Balaban J connectivity index is 0.000000161. The topological polar surface area (TPSA) is 43.2 Å². The first-order chi connectivity index (χ1) is 19.2. The molecule has 204 valence electrons. The Hall–Kier alpha value is -1.76. The Morgan fingerprint density at radius 1 is 0.675 bits per heavy atom. The van der Waals surface area contributed by atoms with Crippen molar-refractivity contribution in [1.82, 2.24) is 0 Å². The third kappa shape index (κ3) is 6.34.